The van der Waals surface area contributed by atoms with E-state index in [1.165, 1.54) is 6.08 Å². The molecule has 0 N–H and O–H groups in total. The topological polar surface area (TPSA) is 35.5 Å². The molecule has 0 aromatic heterocycles. The molecule has 20 heavy (non-hydrogen) atoms. The van der Waals surface area contributed by atoms with Gasteiger partial charge in [-0.2, -0.15) is 0 Å². The molecule has 0 bridgehead atoms. The van der Waals surface area contributed by atoms with Crippen LogP contribution in [0.3, 0.4) is 0 Å². The van der Waals surface area contributed by atoms with Crippen molar-refractivity contribution in [3.8, 4) is 11.5 Å². The highest BCUT2D eigenvalue weighted by Gasteiger charge is 1.98. The van der Waals surface area contributed by atoms with Gasteiger partial charge >= 0.3 is 5.97 Å². The lowest BCUT2D eigenvalue weighted by Gasteiger charge is -2.05. The molecule has 2 rings (SSSR count). The largest absolute Gasteiger partial charge is 0.463 e. The van der Waals surface area contributed by atoms with E-state index in [0.717, 1.165) is 17.1 Å². The van der Waals surface area contributed by atoms with Gasteiger partial charge < -0.3 is 9.47 Å². The Morgan fingerprint density at radius 2 is 1.80 bits per heavy atom. The van der Waals surface area contributed by atoms with Crippen molar-refractivity contribution in [2.24, 2.45) is 0 Å². The van der Waals surface area contributed by atoms with E-state index in [2.05, 4.69) is 0 Å². The van der Waals surface area contributed by atoms with Crippen LogP contribution in [0.4, 0.5) is 0 Å². The van der Waals surface area contributed by atoms with Crippen LogP contribution in [0.15, 0.2) is 60.7 Å². The standard InChI is InChI=1S/C17H16O3/c1-2-19-17(18)12-11-14-7-6-10-16(13-14)20-15-8-4-3-5-9-15/h3-13H,2H2,1H3. The monoisotopic (exact) mass is 268 g/mol. The molecule has 0 fully saturated rings. The fraction of sp³-hybridized carbons (Fsp3) is 0.118. The number of benzene rings is 2. The second-order valence-electron chi connectivity index (χ2n) is 4.07. The number of esters is 1. The molecule has 3 heteroatoms. The quantitative estimate of drug-likeness (QED) is 0.606. The maximum atomic E-state index is 11.3. The predicted octanol–water partition coefficient (Wildman–Crippen LogP) is 4.06. The predicted molar refractivity (Wildman–Crippen MR) is 78.6 cm³/mol. The Balaban J connectivity index is 2.06. The summed E-state index contributed by atoms with van der Waals surface area (Å²) in [6, 6.07) is 17.1. The van der Waals surface area contributed by atoms with E-state index in [-0.39, 0.29) is 5.97 Å². The Bertz CT molecular complexity index is 588. The summed E-state index contributed by atoms with van der Waals surface area (Å²) in [6.07, 6.45) is 3.11. The molecular weight excluding hydrogens is 252 g/mol. The first kappa shape index (κ1) is 13.9. The van der Waals surface area contributed by atoms with E-state index < -0.39 is 0 Å². The molecule has 0 saturated carbocycles. The third-order valence-electron chi connectivity index (χ3n) is 2.54. The van der Waals surface area contributed by atoms with Crippen molar-refractivity contribution in [2.75, 3.05) is 6.61 Å². The average Bonchev–Trinajstić information content (AvgIpc) is 2.47. The highest BCUT2D eigenvalue weighted by molar-refractivity contribution is 5.87. The fourth-order valence-electron chi connectivity index (χ4n) is 1.66. The zero-order chi connectivity index (χ0) is 14.2. The Morgan fingerprint density at radius 3 is 2.55 bits per heavy atom. The summed E-state index contributed by atoms with van der Waals surface area (Å²) >= 11 is 0. The number of rotatable bonds is 5. The van der Waals surface area contributed by atoms with Gasteiger partial charge in [0.1, 0.15) is 11.5 Å². The summed E-state index contributed by atoms with van der Waals surface area (Å²) in [5.74, 6) is 1.16. The Kier molecular flexibility index (Phi) is 4.95. The molecule has 0 unspecified atom stereocenters. The van der Waals surface area contributed by atoms with Gasteiger partial charge in [0.05, 0.1) is 6.61 Å². The lowest BCUT2D eigenvalue weighted by atomic mass is 10.2. The third kappa shape index (κ3) is 4.28. The second-order valence-corrected chi connectivity index (χ2v) is 4.07. The molecule has 0 aliphatic carbocycles. The molecule has 0 aliphatic rings. The maximum absolute atomic E-state index is 11.3. The van der Waals surface area contributed by atoms with Crippen LogP contribution in [-0.4, -0.2) is 12.6 Å². The van der Waals surface area contributed by atoms with Gasteiger partial charge in [-0.15, -0.1) is 0 Å². The molecule has 0 saturated heterocycles. The highest BCUT2D eigenvalue weighted by atomic mass is 16.5. The zero-order valence-electron chi connectivity index (χ0n) is 11.3. The first-order valence-electron chi connectivity index (χ1n) is 6.46. The number of carbonyl (C=O) groups excluding carboxylic acids is 1. The number of ether oxygens (including phenoxy) is 2. The third-order valence-corrected chi connectivity index (χ3v) is 2.54. The molecule has 102 valence electrons. The van der Waals surface area contributed by atoms with E-state index >= 15 is 0 Å². The maximum Gasteiger partial charge on any atom is 0.330 e. The molecule has 0 amide bonds. The summed E-state index contributed by atoms with van der Waals surface area (Å²) in [5, 5.41) is 0. The van der Waals surface area contributed by atoms with Crippen LogP contribution in [0.5, 0.6) is 11.5 Å². The van der Waals surface area contributed by atoms with Gasteiger partial charge in [-0.05, 0) is 42.8 Å². The zero-order valence-corrected chi connectivity index (χ0v) is 11.3. The Morgan fingerprint density at radius 1 is 1.05 bits per heavy atom. The van der Waals surface area contributed by atoms with Crippen LogP contribution in [0, 0.1) is 0 Å². The van der Waals surface area contributed by atoms with Crippen molar-refractivity contribution < 1.29 is 14.3 Å². The van der Waals surface area contributed by atoms with E-state index in [4.69, 9.17) is 9.47 Å². The van der Waals surface area contributed by atoms with Crippen LogP contribution in [0.2, 0.25) is 0 Å². The number of para-hydroxylation sites is 1. The molecule has 0 spiro atoms. The molecule has 2 aromatic rings. The summed E-state index contributed by atoms with van der Waals surface area (Å²) < 4.78 is 10.6. The lowest BCUT2D eigenvalue weighted by Crippen LogP contribution is -1.98. The highest BCUT2D eigenvalue weighted by Crippen LogP contribution is 2.22. The first-order valence-corrected chi connectivity index (χ1v) is 6.46. The molecule has 0 heterocycles. The van der Waals surface area contributed by atoms with Crippen molar-refractivity contribution in [1.29, 1.82) is 0 Å². The van der Waals surface area contributed by atoms with Crippen LogP contribution in [-0.2, 0) is 9.53 Å². The summed E-state index contributed by atoms with van der Waals surface area (Å²) in [4.78, 5) is 11.3. The van der Waals surface area contributed by atoms with Crippen molar-refractivity contribution in [3.05, 3.63) is 66.2 Å². The van der Waals surface area contributed by atoms with Gasteiger partial charge in [-0.3, -0.25) is 0 Å². The SMILES string of the molecule is CCOC(=O)C=Cc1cccc(Oc2ccccc2)c1. The average molecular weight is 268 g/mol. The Labute approximate surface area is 118 Å². The Hall–Kier alpha value is -2.55. The molecule has 0 radical (unpaired) electrons. The molecule has 0 atom stereocenters. The van der Waals surface area contributed by atoms with E-state index in [1.807, 2.05) is 54.6 Å². The fourth-order valence-corrected chi connectivity index (χ4v) is 1.66. The lowest BCUT2D eigenvalue weighted by molar-refractivity contribution is -0.137. The smallest absolute Gasteiger partial charge is 0.330 e. The van der Waals surface area contributed by atoms with Gasteiger partial charge in [0, 0.05) is 6.08 Å². The van der Waals surface area contributed by atoms with E-state index in [1.54, 1.807) is 13.0 Å². The van der Waals surface area contributed by atoms with Gasteiger partial charge in [-0.1, -0.05) is 30.3 Å². The van der Waals surface area contributed by atoms with Gasteiger partial charge in [0.15, 0.2) is 0 Å². The number of hydrogen-bond acceptors (Lipinski definition) is 3. The molecule has 3 nitrogen and oxygen atoms in total. The van der Waals surface area contributed by atoms with Crippen LogP contribution < -0.4 is 4.74 Å². The van der Waals surface area contributed by atoms with E-state index in [0.29, 0.717) is 6.61 Å². The summed E-state index contributed by atoms with van der Waals surface area (Å²) in [5.41, 5.74) is 0.881. The second kappa shape index (κ2) is 7.14. The summed E-state index contributed by atoms with van der Waals surface area (Å²) in [6.45, 7) is 2.15. The minimum Gasteiger partial charge on any atom is -0.463 e. The van der Waals surface area contributed by atoms with Crippen molar-refractivity contribution >= 4 is 12.0 Å². The minimum atomic E-state index is -0.345. The van der Waals surface area contributed by atoms with Crippen LogP contribution in [0.1, 0.15) is 12.5 Å². The first-order chi connectivity index (χ1) is 9.78. The van der Waals surface area contributed by atoms with Crippen molar-refractivity contribution in [3.63, 3.8) is 0 Å². The van der Waals surface area contributed by atoms with Crippen LogP contribution in [0.25, 0.3) is 6.08 Å². The van der Waals surface area contributed by atoms with Gasteiger partial charge in [-0.25, -0.2) is 4.79 Å². The molecule has 2 aromatic carbocycles. The van der Waals surface area contributed by atoms with Gasteiger partial charge in [0.2, 0.25) is 0 Å². The molecular formula is C17H16O3. The van der Waals surface area contributed by atoms with Crippen molar-refractivity contribution in [2.45, 2.75) is 6.92 Å². The summed E-state index contributed by atoms with van der Waals surface area (Å²) in [7, 11) is 0. The van der Waals surface area contributed by atoms with Crippen LogP contribution >= 0.6 is 0 Å². The van der Waals surface area contributed by atoms with E-state index in [9.17, 15) is 4.79 Å². The number of carbonyl (C=O) groups is 1. The van der Waals surface area contributed by atoms with Gasteiger partial charge in [0.25, 0.3) is 0 Å². The normalized spacial score (nSPS) is 10.4. The minimum absolute atomic E-state index is 0.345. The van der Waals surface area contributed by atoms with Crippen molar-refractivity contribution in [1.82, 2.24) is 0 Å². The molecule has 0 aliphatic heterocycles. The number of hydrogen-bond donors (Lipinski definition) is 0.